The molecule has 2 rings (SSSR count). The first-order valence-corrected chi connectivity index (χ1v) is 6.57. The third-order valence-electron chi connectivity index (χ3n) is 2.80. The number of halogens is 3. The van der Waals surface area contributed by atoms with Gasteiger partial charge < -0.3 is 14.8 Å². The van der Waals surface area contributed by atoms with E-state index in [1.807, 2.05) is 12.1 Å². The monoisotopic (exact) mass is 313 g/mol. The summed E-state index contributed by atoms with van der Waals surface area (Å²) in [6.45, 7) is -2.43. The zero-order valence-electron chi connectivity index (χ0n) is 11.3. The average Bonchev–Trinajstić information content (AvgIpc) is 2.47. The van der Waals surface area contributed by atoms with E-state index in [-0.39, 0.29) is 5.75 Å². The number of alkyl halides is 2. The van der Waals surface area contributed by atoms with E-state index in [0.717, 1.165) is 5.56 Å². The van der Waals surface area contributed by atoms with Gasteiger partial charge in [0.1, 0.15) is 11.5 Å². The number of ether oxygens (including phenoxy) is 2. The second-order valence-corrected chi connectivity index (χ2v) is 4.66. The highest BCUT2D eigenvalue weighted by molar-refractivity contribution is 6.30. The number of methoxy groups -OCH3 is 1. The summed E-state index contributed by atoms with van der Waals surface area (Å²) < 4.78 is 34.4. The molecule has 0 aromatic heterocycles. The second kappa shape index (κ2) is 7.13. The van der Waals surface area contributed by atoms with E-state index in [4.69, 9.17) is 16.3 Å². The highest BCUT2D eigenvalue weighted by Crippen LogP contribution is 2.30. The number of anilines is 1. The molecule has 0 heterocycles. The van der Waals surface area contributed by atoms with Gasteiger partial charge in [-0.1, -0.05) is 23.7 Å². The average molecular weight is 314 g/mol. The number of benzene rings is 2. The Bertz CT molecular complexity index is 591. The molecule has 1 N–H and O–H groups in total. The number of hydrogen-bond donors (Lipinski definition) is 1. The summed E-state index contributed by atoms with van der Waals surface area (Å²) in [5.74, 6) is 0.620. The molecule has 2 aromatic carbocycles. The molecule has 0 bridgehead atoms. The molecule has 0 amide bonds. The van der Waals surface area contributed by atoms with E-state index in [2.05, 4.69) is 10.1 Å². The lowest BCUT2D eigenvalue weighted by atomic mass is 10.2. The molecule has 0 radical (unpaired) electrons. The van der Waals surface area contributed by atoms with Crippen molar-refractivity contribution in [3.05, 3.63) is 53.1 Å². The summed E-state index contributed by atoms with van der Waals surface area (Å²) in [6, 6.07) is 11.8. The van der Waals surface area contributed by atoms with E-state index >= 15 is 0 Å². The van der Waals surface area contributed by atoms with Gasteiger partial charge in [0.2, 0.25) is 0 Å². The molecule has 3 nitrogen and oxygen atoms in total. The van der Waals surface area contributed by atoms with Crippen molar-refractivity contribution in [2.24, 2.45) is 0 Å². The maximum atomic E-state index is 12.4. The van der Waals surface area contributed by atoms with Crippen molar-refractivity contribution in [1.82, 2.24) is 0 Å². The van der Waals surface area contributed by atoms with Crippen molar-refractivity contribution in [3.63, 3.8) is 0 Å². The van der Waals surface area contributed by atoms with Gasteiger partial charge in [0.15, 0.2) is 0 Å². The van der Waals surface area contributed by atoms with Crippen LogP contribution in [0.25, 0.3) is 0 Å². The van der Waals surface area contributed by atoms with Crippen molar-refractivity contribution in [2.75, 3.05) is 12.4 Å². The summed E-state index contributed by atoms with van der Waals surface area (Å²) in [5.41, 5.74) is 1.40. The van der Waals surface area contributed by atoms with Crippen molar-refractivity contribution >= 4 is 17.3 Å². The van der Waals surface area contributed by atoms with E-state index in [0.29, 0.717) is 23.0 Å². The zero-order valence-corrected chi connectivity index (χ0v) is 12.0. The van der Waals surface area contributed by atoms with Crippen LogP contribution in [0.3, 0.4) is 0 Å². The number of nitrogens with one attached hydrogen (secondary N) is 1. The zero-order chi connectivity index (χ0) is 15.2. The van der Waals surface area contributed by atoms with Crippen LogP contribution in [0.4, 0.5) is 14.5 Å². The van der Waals surface area contributed by atoms with Crippen LogP contribution in [0.1, 0.15) is 5.56 Å². The molecule has 2 aromatic rings. The number of hydrogen-bond acceptors (Lipinski definition) is 3. The summed E-state index contributed by atoms with van der Waals surface area (Å²) >= 11 is 5.81. The Morgan fingerprint density at radius 2 is 1.86 bits per heavy atom. The maximum Gasteiger partial charge on any atom is 0.387 e. The first-order chi connectivity index (χ1) is 10.1. The third kappa shape index (κ3) is 4.49. The molecule has 0 saturated heterocycles. The molecule has 0 aliphatic rings. The van der Waals surface area contributed by atoms with Crippen molar-refractivity contribution < 1.29 is 18.3 Å². The first kappa shape index (κ1) is 15.4. The predicted octanol–water partition coefficient (Wildman–Crippen LogP) is 4.56. The minimum atomic E-state index is -2.88. The van der Waals surface area contributed by atoms with Gasteiger partial charge >= 0.3 is 6.61 Å². The Labute approximate surface area is 126 Å². The molecule has 112 valence electrons. The van der Waals surface area contributed by atoms with Gasteiger partial charge in [0.25, 0.3) is 0 Å². The standard InChI is InChI=1S/C15H14ClF2NO2/c1-20-12-6-7-14(21-15(17)18)13(8-12)19-9-10-2-4-11(16)5-3-10/h2-8,15,19H,9H2,1H3. The predicted molar refractivity (Wildman–Crippen MR) is 78.4 cm³/mol. The quantitative estimate of drug-likeness (QED) is 0.848. The van der Waals surface area contributed by atoms with E-state index in [9.17, 15) is 8.78 Å². The fourth-order valence-electron chi connectivity index (χ4n) is 1.77. The van der Waals surface area contributed by atoms with Gasteiger partial charge in [-0.25, -0.2) is 0 Å². The molecule has 0 aliphatic heterocycles. The van der Waals surface area contributed by atoms with Crippen molar-refractivity contribution in [3.8, 4) is 11.5 Å². The summed E-state index contributed by atoms with van der Waals surface area (Å²) in [5, 5.41) is 3.69. The van der Waals surface area contributed by atoms with Gasteiger partial charge in [-0.2, -0.15) is 8.78 Å². The van der Waals surface area contributed by atoms with Crippen molar-refractivity contribution in [1.29, 1.82) is 0 Å². The molecule has 6 heteroatoms. The van der Waals surface area contributed by atoms with E-state index in [1.54, 1.807) is 24.3 Å². The Hall–Kier alpha value is -2.01. The molecule has 0 aliphatic carbocycles. The lowest BCUT2D eigenvalue weighted by Crippen LogP contribution is -2.07. The lowest BCUT2D eigenvalue weighted by Gasteiger charge is -2.14. The van der Waals surface area contributed by atoms with Gasteiger partial charge in [0.05, 0.1) is 12.8 Å². The molecule has 0 atom stereocenters. The SMILES string of the molecule is COc1ccc(OC(F)F)c(NCc2ccc(Cl)cc2)c1. The molecule has 21 heavy (non-hydrogen) atoms. The minimum absolute atomic E-state index is 0.0692. The van der Waals surface area contributed by atoms with Crippen LogP contribution in [0, 0.1) is 0 Å². The van der Waals surface area contributed by atoms with Crippen LogP contribution in [-0.2, 0) is 6.54 Å². The van der Waals surface area contributed by atoms with Gasteiger partial charge in [-0.15, -0.1) is 0 Å². The first-order valence-electron chi connectivity index (χ1n) is 6.19. The molecule has 0 spiro atoms. The molecular formula is C15H14ClF2NO2. The van der Waals surface area contributed by atoms with Crippen LogP contribution in [0.5, 0.6) is 11.5 Å². The second-order valence-electron chi connectivity index (χ2n) is 4.22. The largest absolute Gasteiger partial charge is 0.497 e. The maximum absolute atomic E-state index is 12.4. The van der Waals surface area contributed by atoms with Gasteiger partial charge in [-0.05, 0) is 29.8 Å². The molecule has 0 fully saturated rings. The van der Waals surface area contributed by atoms with Gasteiger partial charge in [-0.3, -0.25) is 0 Å². The molecule has 0 saturated carbocycles. The van der Waals surface area contributed by atoms with Crippen molar-refractivity contribution in [2.45, 2.75) is 13.2 Å². The topological polar surface area (TPSA) is 30.5 Å². The van der Waals surface area contributed by atoms with Crippen LogP contribution < -0.4 is 14.8 Å². The highest BCUT2D eigenvalue weighted by atomic mass is 35.5. The lowest BCUT2D eigenvalue weighted by molar-refractivity contribution is -0.0493. The minimum Gasteiger partial charge on any atom is -0.497 e. The number of rotatable bonds is 6. The third-order valence-corrected chi connectivity index (χ3v) is 3.05. The summed E-state index contributed by atoms with van der Waals surface area (Å²) in [7, 11) is 1.51. The summed E-state index contributed by atoms with van der Waals surface area (Å²) in [4.78, 5) is 0. The Kier molecular flexibility index (Phi) is 5.22. The smallest absolute Gasteiger partial charge is 0.387 e. The van der Waals surface area contributed by atoms with E-state index < -0.39 is 6.61 Å². The summed E-state index contributed by atoms with van der Waals surface area (Å²) in [6.07, 6.45) is 0. The molecule has 0 unspecified atom stereocenters. The van der Waals surface area contributed by atoms with E-state index in [1.165, 1.54) is 13.2 Å². The van der Waals surface area contributed by atoms with Crippen LogP contribution in [0.15, 0.2) is 42.5 Å². The van der Waals surface area contributed by atoms with Crippen LogP contribution >= 0.6 is 11.6 Å². The Morgan fingerprint density at radius 1 is 1.14 bits per heavy atom. The van der Waals surface area contributed by atoms with Gasteiger partial charge in [0, 0.05) is 17.6 Å². The highest BCUT2D eigenvalue weighted by Gasteiger charge is 2.10. The molecular weight excluding hydrogens is 300 g/mol. The normalized spacial score (nSPS) is 10.5. The fraction of sp³-hybridized carbons (Fsp3) is 0.200. The van der Waals surface area contributed by atoms with Crippen LogP contribution in [-0.4, -0.2) is 13.7 Å². The Balaban J connectivity index is 2.14. The Morgan fingerprint density at radius 3 is 2.48 bits per heavy atom. The van der Waals surface area contributed by atoms with Crippen LogP contribution in [0.2, 0.25) is 5.02 Å². The fourth-order valence-corrected chi connectivity index (χ4v) is 1.90.